The molecule has 0 fully saturated rings. The standard InChI is InChI=1S/C21H37N5O9/c1-3-11(2)17(23)20(33)25-13(7-8-15(27)28)19(32)24-12(6-4-5-9-22)18(31)26-14(21(34)35)10-16(29)30/h11-14,17H,3-10,22-23H2,1-2H3,(H,24,32)(H,25,33)(H,26,31)(H,27,28)(H,29,30)(H,34,35). The molecule has 0 saturated heterocycles. The van der Waals surface area contributed by atoms with Gasteiger partial charge in [0, 0.05) is 6.42 Å². The van der Waals surface area contributed by atoms with Crippen LogP contribution < -0.4 is 27.4 Å². The van der Waals surface area contributed by atoms with Gasteiger partial charge in [0.1, 0.15) is 18.1 Å². The molecule has 14 heteroatoms. The van der Waals surface area contributed by atoms with Crippen molar-refractivity contribution in [2.24, 2.45) is 17.4 Å². The number of amides is 3. The third kappa shape index (κ3) is 12.7. The van der Waals surface area contributed by atoms with Gasteiger partial charge >= 0.3 is 17.9 Å². The van der Waals surface area contributed by atoms with Crippen molar-refractivity contribution >= 4 is 35.6 Å². The van der Waals surface area contributed by atoms with Crippen LogP contribution in [0.1, 0.15) is 58.8 Å². The average molecular weight is 504 g/mol. The summed E-state index contributed by atoms with van der Waals surface area (Å²) in [5.41, 5.74) is 11.3. The molecule has 0 bridgehead atoms. The first-order valence-corrected chi connectivity index (χ1v) is 11.4. The summed E-state index contributed by atoms with van der Waals surface area (Å²) in [6, 6.07) is -5.29. The predicted molar refractivity (Wildman–Crippen MR) is 123 cm³/mol. The first kappa shape index (κ1) is 31.7. The highest BCUT2D eigenvalue weighted by molar-refractivity contribution is 5.94. The maximum absolute atomic E-state index is 12.9. The summed E-state index contributed by atoms with van der Waals surface area (Å²) in [5, 5.41) is 34.0. The van der Waals surface area contributed by atoms with Crippen molar-refractivity contribution in [2.45, 2.75) is 83.0 Å². The maximum Gasteiger partial charge on any atom is 0.326 e. The molecule has 0 aromatic carbocycles. The lowest BCUT2D eigenvalue weighted by molar-refractivity contribution is -0.147. The topological polar surface area (TPSA) is 251 Å². The fourth-order valence-electron chi connectivity index (χ4n) is 3.00. The van der Waals surface area contributed by atoms with E-state index in [9.17, 15) is 33.9 Å². The van der Waals surface area contributed by atoms with Gasteiger partial charge in [-0.1, -0.05) is 20.3 Å². The van der Waals surface area contributed by atoms with Crippen molar-refractivity contribution in [2.75, 3.05) is 6.54 Å². The molecule has 0 aromatic heterocycles. The Morgan fingerprint density at radius 2 is 1.29 bits per heavy atom. The van der Waals surface area contributed by atoms with Gasteiger partial charge in [0.15, 0.2) is 0 Å². The Morgan fingerprint density at radius 3 is 1.74 bits per heavy atom. The molecule has 0 aliphatic rings. The molecule has 14 nitrogen and oxygen atoms in total. The van der Waals surface area contributed by atoms with Crippen LogP contribution in [0.15, 0.2) is 0 Å². The van der Waals surface area contributed by atoms with E-state index in [1.165, 1.54) is 0 Å². The van der Waals surface area contributed by atoms with Crippen LogP contribution in [-0.2, 0) is 28.8 Å². The molecule has 0 aliphatic carbocycles. The molecule has 0 saturated carbocycles. The van der Waals surface area contributed by atoms with E-state index in [0.717, 1.165) is 0 Å². The maximum atomic E-state index is 12.9. The zero-order chi connectivity index (χ0) is 27.1. The number of rotatable bonds is 18. The van der Waals surface area contributed by atoms with Crippen molar-refractivity contribution in [1.82, 2.24) is 16.0 Å². The van der Waals surface area contributed by atoms with E-state index >= 15 is 0 Å². The van der Waals surface area contributed by atoms with Gasteiger partial charge in [0.05, 0.1) is 12.5 Å². The van der Waals surface area contributed by atoms with E-state index in [4.69, 9.17) is 21.7 Å². The first-order valence-electron chi connectivity index (χ1n) is 11.4. The molecule has 0 aromatic rings. The Balaban J connectivity index is 5.63. The number of carbonyl (C=O) groups is 6. The van der Waals surface area contributed by atoms with Crippen LogP contribution in [0.25, 0.3) is 0 Å². The lowest BCUT2D eigenvalue weighted by Gasteiger charge is -2.26. The highest BCUT2D eigenvalue weighted by atomic mass is 16.4. The Labute approximate surface area is 203 Å². The summed E-state index contributed by atoms with van der Waals surface area (Å²) >= 11 is 0. The fraction of sp³-hybridized carbons (Fsp3) is 0.714. The smallest absolute Gasteiger partial charge is 0.326 e. The van der Waals surface area contributed by atoms with Crippen molar-refractivity contribution in [3.8, 4) is 0 Å². The summed E-state index contributed by atoms with van der Waals surface area (Å²) in [6.07, 6.45) is -0.133. The van der Waals surface area contributed by atoms with Gasteiger partial charge in [-0.3, -0.25) is 24.0 Å². The second-order valence-corrected chi connectivity index (χ2v) is 8.25. The van der Waals surface area contributed by atoms with Crippen LogP contribution >= 0.6 is 0 Å². The average Bonchev–Trinajstić information content (AvgIpc) is 2.78. The first-order chi connectivity index (χ1) is 16.3. The molecule has 200 valence electrons. The third-order valence-corrected chi connectivity index (χ3v) is 5.41. The van der Waals surface area contributed by atoms with Gasteiger partial charge in [0.25, 0.3) is 0 Å². The quantitative estimate of drug-likeness (QED) is 0.0985. The number of unbranched alkanes of at least 4 members (excludes halogenated alkanes) is 1. The highest BCUT2D eigenvalue weighted by Gasteiger charge is 2.31. The Bertz CT molecular complexity index is 761. The molecule has 10 N–H and O–H groups in total. The van der Waals surface area contributed by atoms with E-state index in [1.54, 1.807) is 6.92 Å². The molecular weight excluding hydrogens is 466 g/mol. The largest absolute Gasteiger partial charge is 0.481 e. The molecule has 0 spiro atoms. The molecule has 5 atom stereocenters. The zero-order valence-corrected chi connectivity index (χ0v) is 20.0. The van der Waals surface area contributed by atoms with Crippen LogP contribution in [-0.4, -0.2) is 81.7 Å². The third-order valence-electron chi connectivity index (χ3n) is 5.41. The number of carbonyl (C=O) groups excluding carboxylic acids is 3. The van der Waals surface area contributed by atoms with Crippen molar-refractivity contribution in [3.05, 3.63) is 0 Å². The molecule has 5 unspecified atom stereocenters. The Morgan fingerprint density at radius 1 is 0.771 bits per heavy atom. The lowest BCUT2D eigenvalue weighted by atomic mass is 9.98. The van der Waals surface area contributed by atoms with Crippen LogP contribution in [0.2, 0.25) is 0 Å². The summed E-state index contributed by atoms with van der Waals surface area (Å²) in [7, 11) is 0. The molecular formula is C21H37N5O9. The number of hydrogen-bond donors (Lipinski definition) is 8. The van der Waals surface area contributed by atoms with E-state index < -0.39 is 72.6 Å². The van der Waals surface area contributed by atoms with Crippen LogP contribution in [0.4, 0.5) is 0 Å². The number of aliphatic carboxylic acids is 3. The van der Waals surface area contributed by atoms with E-state index in [2.05, 4.69) is 16.0 Å². The van der Waals surface area contributed by atoms with E-state index in [1.807, 2.05) is 6.92 Å². The van der Waals surface area contributed by atoms with Gasteiger partial charge in [-0.15, -0.1) is 0 Å². The fourth-order valence-corrected chi connectivity index (χ4v) is 3.00. The number of nitrogens with one attached hydrogen (secondary N) is 3. The zero-order valence-electron chi connectivity index (χ0n) is 20.0. The minimum absolute atomic E-state index is 0.0418. The molecule has 0 heterocycles. The summed E-state index contributed by atoms with van der Waals surface area (Å²) in [6.45, 7) is 3.86. The van der Waals surface area contributed by atoms with Gasteiger partial charge in [-0.2, -0.15) is 0 Å². The minimum atomic E-state index is -1.73. The number of carboxylic acid groups (broad SMARTS) is 3. The van der Waals surface area contributed by atoms with Crippen molar-refractivity contribution in [1.29, 1.82) is 0 Å². The summed E-state index contributed by atoms with van der Waals surface area (Å²) in [5.74, 6) is -6.92. The Kier molecular flexibility index (Phi) is 14.9. The molecule has 35 heavy (non-hydrogen) atoms. The number of carboxylic acids is 3. The van der Waals surface area contributed by atoms with Crippen molar-refractivity contribution < 1.29 is 44.1 Å². The van der Waals surface area contributed by atoms with Crippen LogP contribution in [0.3, 0.4) is 0 Å². The lowest BCUT2D eigenvalue weighted by Crippen LogP contribution is -2.57. The molecule has 0 aliphatic heterocycles. The van der Waals surface area contributed by atoms with Crippen molar-refractivity contribution in [3.63, 3.8) is 0 Å². The van der Waals surface area contributed by atoms with Gasteiger partial charge in [0.2, 0.25) is 17.7 Å². The Hall–Kier alpha value is -3.26. The number of hydrogen-bond acceptors (Lipinski definition) is 8. The highest BCUT2D eigenvalue weighted by Crippen LogP contribution is 2.08. The van der Waals surface area contributed by atoms with E-state index in [0.29, 0.717) is 25.8 Å². The normalized spacial score (nSPS) is 15.1. The molecule has 3 amide bonds. The van der Waals surface area contributed by atoms with Crippen LogP contribution in [0.5, 0.6) is 0 Å². The molecule has 0 radical (unpaired) electrons. The summed E-state index contributed by atoms with van der Waals surface area (Å²) in [4.78, 5) is 71.3. The predicted octanol–water partition coefficient (Wildman–Crippen LogP) is -1.63. The van der Waals surface area contributed by atoms with Gasteiger partial charge in [-0.05, 0) is 38.1 Å². The summed E-state index contributed by atoms with van der Waals surface area (Å²) < 4.78 is 0. The minimum Gasteiger partial charge on any atom is -0.481 e. The van der Waals surface area contributed by atoms with Gasteiger partial charge in [-0.25, -0.2) is 4.79 Å². The second kappa shape index (κ2) is 16.4. The van der Waals surface area contributed by atoms with E-state index in [-0.39, 0.29) is 18.8 Å². The molecule has 0 rings (SSSR count). The monoisotopic (exact) mass is 503 g/mol. The number of nitrogens with two attached hydrogens (primary N) is 2. The SMILES string of the molecule is CCC(C)C(N)C(=O)NC(CCC(=O)O)C(=O)NC(CCCCN)C(=O)NC(CC(=O)O)C(=O)O. The van der Waals surface area contributed by atoms with Crippen LogP contribution in [0, 0.1) is 5.92 Å². The second-order valence-electron chi connectivity index (χ2n) is 8.25. The van der Waals surface area contributed by atoms with Gasteiger partial charge < -0.3 is 42.7 Å².